The average Bonchev–Trinajstić information content (AvgIpc) is 2.81. The van der Waals surface area contributed by atoms with E-state index in [4.69, 9.17) is 14.2 Å². The third-order valence-electron chi connectivity index (χ3n) is 5.91. The molecule has 0 spiro atoms. The number of benzene rings is 2. The van der Waals surface area contributed by atoms with Gasteiger partial charge in [0.05, 0.1) is 18.4 Å². The highest BCUT2D eigenvalue weighted by Crippen LogP contribution is 2.31. The van der Waals surface area contributed by atoms with Crippen molar-refractivity contribution in [2.45, 2.75) is 58.8 Å². The minimum Gasteiger partial charge on any atom is -0.466 e. The summed E-state index contributed by atoms with van der Waals surface area (Å²) in [4.78, 5) is 35.9. The number of aryl methyl sites for hydroxylation is 1. The number of esters is 3. The highest BCUT2D eigenvalue weighted by atomic mass is 16.5. The van der Waals surface area contributed by atoms with Crippen molar-refractivity contribution in [2.24, 2.45) is 11.8 Å². The standard InChI is InChI=1S/C27H32O6/c1-3-4-20-5-13-24(14-6-20)32-26(29)22-9-11-23(12-10-22)27(30)33-25-15-7-21(8-16-25)17-18-31-19(2)28/h5-8,13-16,22-23H,3-4,9-12,17-18H2,1-2H3. The third kappa shape index (κ3) is 7.74. The van der Waals surface area contributed by atoms with Gasteiger partial charge in [-0.3, -0.25) is 14.4 Å². The van der Waals surface area contributed by atoms with Crippen molar-refractivity contribution < 1.29 is 28.6 Å². The van der Waals surface area contributed by atoms with Crippen molar-refractivity contribution >= 4 is 17.9 Å². The van der Waals surface area contributed by atoms with Crippen LogP contribution in [0.15, 0.2) is 48.5 Å². The van der Waals surface area contributed by atoms with E-state index >= 15 is 0 Å². The number of carbonyl (C=O) groups is 3. The predicted molar refractivity (Wildman–Crippen MR) is 124 cm³/mol. The quantitative estimate of drug-likeness (QED) is 0.391. The maximum atomic E-state index is 12.6. The first kappa shape index (κ1) is 24.5. The predicted octanol–water partition coefficient (Wildman–Crippen LogP) is 5.06. The molecule has 0 heterocycles. The third-order valence-corrected chi connectivity index (χ3v) is 5.91. The lowest BCUT2D eigenvalue weighted by molar-refractivity contribution is -0.145. The van der Waals surface area contributed by atoms with Crippen molar-refractivity contribution in [1.29, 1.82) is 0 Å². The second kappa shape index (κ2) is 12.2. The van der Waals surface area contributed by atoms with Gasteiger partial charge in [0.1, 0.15) is 11.5 Å². The minimum absolute atomic E-state index is 0.194. The fourth-order valence-corrected chi connectivity index (χ4v) is 4.01. The van der Waals surface area contributed by atoms with Crippen LogP contribution in [-0.2, 0) is 32.0 Å². The Balaban J connectivity index is 1.42. The first-order chi connectivity index (χ1) is 15.9. The molecule has 3 rings (SSSR count). The van der Waals surface area contributed by atoms with Crippen LogP contribution in [0.3, 0.4) is 0 Å². The fraction of sp³-hybridized carbons (Fsp3) is 0.444. The van der Waals surface area contributed by atoms with Crippen molar-refractivity contribution in [1.82, 2.24) is 0 Å². The van der Waals surface area contributed by atoms with Gasteiger partial charge < -0.3 is 14.2 Å². The summed E-state index contributed by atoms with van der Waals surface area (Å²) in [5.41, 5.74) is 2.23. The van der Waals surface area contributed by atoms with Crippen molar-refractivity contribution in [3.63, 3.8) is 0 Å². The van der Waals surface area contributed by atoms with E-state index in [0.717, 1.165) is 18.4 Å². The molecule has 2 aromatic carbocycles. The molecule has 1 fully saturated rings. The van der Waals surface area contributed by atoms with E-state index in [9.17, 15) is 14.4 Å². The van der Waals surface area contributed by atoms with Crippen LogP contribution in [-0.4, -0.2) is 24.5 Å². The number of hydrogen-bond donors (Lipinski definition) is 0. The van der Waals surface area contributed by atoms with Crippen LogP contribution in [0.4, 0.5) is 0 Å². The van der Waals surface area contributed by atoms with Crippen LogP contribution in [0, 0.1) is 11.8 Å². The van der Waals surface area contributed by atoms with Crippen molar-refractivity contribution in [2.75, 3.05) is 6.61 Å². The van der Waals surface area contributed by atoms with Gasteiger partial charge in [-0.1, -0.05) is 37.6 Å². The molecule has 1 aliphatic rings. The number of rotatable bonds is 9. The number of carbonyl (C=O) groups excluding carboxylic acids is 3. The largest absolute Gasteiger partial charge is 0.466 e. The Bertz CT molecular complexity index is 924. The summed E-state index contributed by atoms with van der Waals surface area (Å²) in [6.07, 6.45) is 5.13. The van der Waals surface area contributed by atoms with Gasteiger partial charge in [0.2, 0.25) is 0 Å². The van der Waals surface area contributed by atoms with E-state index < -0.39 is 0 Å². The number of hydrogen-bond acceptors (Lipinski definition) is 6. The molecule has 1 saturated carbocycles. The van der Waals surface area contributed by atoms with E-state index in [2.05, 4.69) is 6.92 Å². The zero-order chi connectivity index (χ0) is 23.6. The van der Waals surface area contributed by atoms with Crippen molar-refractivity contribution in [3.8, 4) is 11.5 Å². The molecule has 176 valence electrons. The van der Waals surface area contributed by atoms with Gasteiger partial charge in [-0.15, -0.1) is 0 Å². The van der Waals surface area contributed by atoms with E-state index in [0.29, 0.717) is 50.2 Å². The molecule has 0 radical (unpaired) electrons. The first-order valence-electron chi connectivity index (χ1n) is 11.7. The Kier molecular flexibility index (Phi) is 9.04. The van der Waals surface area contributed by atoms with E-state index in [1.807, 2.05) is 36.4 Å². The zero-order valence-corrected chi connectivity index (χ0v) is 19.4. The van der Waals surface area contributed by atoms with Gasteiger partial charge in [0.15, 0.2) is 0 Å². The molecule has 6 nitrogen and oxygen atoms in total. The molecule has 0 aliphatic heterocycles. The molecule has 1 aliphatic carbocycles. The summed E-state index contributed by atoms with van der Waals surface area (Å²) < 4.78 is 16.0. The van der Waals surface area contributed by atoms with Crippen LogP contribution in [0.25, 0.3) is 0 Å². The van der Waals surface area contributed by atoms with Crippen LogP contribution in [0.5, 0.6) is 11.5 Å². The van der Waals surface area contributed by atoms with Crippen LogP contribution in [0.1, 0.15) is 57.1 Å². The van der Waals surface area contributed by atoms with E-state index in [-0.39, 0.29) is 29.7 Å². The normalized spacial score (nSPS) is 17.8. The zero-order valence-electron chi connectivity index (χ0n) is 19.4. The fourth-order valence-electron chi connectivity index (χ4n) is 4.01. The Labute approximate surface area is 195 Å². The Morgan fingerprint density at radius 2 is 1.15 bits per heavy atom. The van der Waals surface area contributed by atoms with E-state index in [1.165, 1.54) is 12.5 Å². The van der Waals surface area contributed by atoms with Gasteiger partial charge in [0, 0.05) is 13.3 Å². The van der Waals surface area contributed by atoms with Gasteiger partial charge in [-0.25, -0.2) is 0 Å². The van der Waals surface area contributed by atoms with Gasteiger partial charge >= 0.3 is 17.9 Å². The monoisotopic (exact) mass is 452 g/mol. The van der Waals surface area contributed by atoms with Gasteiger partial charge in [-0.2, -0.15) is 0 Å². The van der Waals surface area contributed by atoms with Crippen LogP contribution >= 0.6 is 0 Å². The van der Waals surface area contributed by atoms with Crippen molar-refractivity contribution in [3.05, 3.63) is 59.7 Å². The van der Waals surface area contributed by atoms with Gasteiger partial charge in [-0.05, 0) is 67.5 Å². The molecule has 0 atom stereocenters. The van der Waals surface area contributed by atoms with Crippen LogP contribution in [0.2, 0.25) is 0 Å². The lowest BCUT2D eigenvalue weighted by Crippen LogP contribution is -2.30. The molecular formula is C27H32O6. The summed E-state index contributed by atoms with van der Waals surface area (Å²) >= 11 is 0. The lowest BCUT2D eigenvalue weighted by Gasteiger charge is -2.25. The highest BCUT2D eigenvalue weighted by Gasteiger charge is 2.32. The Morgan fingerprint density at radius 3 is 1.55 bits per heavy atom. The molecule has 33 heavy (non-hydrogen) atoms. The molecule has 2 aromatic rings. The van der Waals surface area contributed by atoms with Gasteiger partial charge in [0.25, 0.3) is 0 Å². The highest BCUT2D eigenvalue weighted by molar-refractivity contribution is 5.77. The summed E-state index contributed by atoms with van der Waals surface area (Å²) in [7, 11) is 0. The molecule has 0 saturated heterocycles. The molecule has 6 heteroatoms. The minimum atomic E-state index is -0.301. The smallest absolute Gasteiger partial charge is 0.314 e. The summed E-state index contributed by atoms with van der Waals surface area (Å²) in [5, 5.41) is 0. The second-order valence-electron chi connectivity index (χ2n) is 8.52. The molecule has 0 amide bonds. The Hall–Kier alpha value is -3.15. The second-order valence-corrected chi connectivity index (χ2v) is 8.52. The maximum Gasteiger partial charge on any atom is 0.314 e. The van der Waals surface area contributed by atoms with Crippen LogP contribution < -0.4 is 9.47 Å². The summed E-state index contributed by atoms with van der Waals surface area (Å²) in [6, 6.07) is 14.9. The number of ether oxygens (including phenoxy) is 3. The molecule has 0 unspecified atom stereocenters. The molecule has 0 aromatic heterocycles. The topological polar surface area (TPSA) is 78.9 Å². The average molecular weight is 453 g/mol. The molecule has 0 bridgehead atoms. The molecular weight excluding hydrogens is 420 g/mol. The van der Waals surface area contributed by atoms with E-state index in [1.54, 1.807) is 12.1 Å². The summed E-state index contributed by atoms with van der Waals surface area (Å²) in [6.45, 7) is 3.83. The maximum absolute atomic E-state index is 12.6. The Morgan fingerprint density at radius 1 is 0.727 bits per heavy atom. The molecule has 0 N–H and O–H groups in total. The summed E-state index contributed by atoms with van der Waals surface area (Å²) in [5.74, 6) is -0.145. The lowest BCUT2D eigenvalue weighted by atomic mass is 9.82. The first-order valence-corrected chi connectivity index (χ1v) is 11.7. The SMILES string of the molecule is CCCc1ccc(OC(=O)C2CCC(C(=O)Oc3ccc(CCOC(C)=O)cc3)CC2)cc1.